The van der Waals surface area contributed by atoms with E-state index < -0.39 is 0 Å². The molecule has 2 unspecified atom stereocenters. The minimum atomic E-state index is -0.158. The molecule has 1 aromatic carbocycles. The zero-order valence-electron chi connectivity index (χ0n) is 16.1. The summed E-state index contributed by atoms with van der Waals surface area (Å²) in [7, 11) is 0. The zero-order valence-corrected chi connectivity index (χ0v) is 16.8. The molecule has 3 rings (SSSR count). The Morgan fingerprint density at radius 2 is 1.74 bits per heavy atom. The highest BCUT2D eigenvalue weighted by Gasteiger charge is 2.37. The molecule has 7 heteroatoms. The number of hydrogen-bond donors (Lipinski definition) is 2. The summed E-state index contributed by atoms with van der Waals surface area (Å²) in [6.45, 7) is 7.32. The predicted molar refractivity (Wildman–Crippen MR) is 106 cm³/mol. The highest BCUT2D eigenvalue weighted by atomic mass is 35.5. The SMILES string of the molecule is CC(C)CCC(=O)N1CCN(C(=O)C2CNNC2c2ccc(Cl)cc2)CC1. The summed E-state index contributed by atoms with van der Waals surface area (Å²) in [6.07, 6.45) is 1.51. The van der Waals surface area contributed by atoms with Gasteiger partial charge in [0.05, 0.1) is 12.0 Å². The van der Waals surface area contributed by atoms with Crippen LogP contribution in [-0.2, 0) is 9.59 Å². The molecular weight excluding hydrogens is 364 g/mol. The van der Waals surface area contributed by atoms with Gasteiger partial charge in [0.15, 0.2) is 0 Å². The molecule has 0 aromatic heterocycles. The maximum Gasteiger partial charge on any atom is 0.229 e. The second-order valence-electron chi connectivity index (χ2n) is 7.80. The number of carbonyl (C=O) groups excluding carboxylic acids is 2. The van der Waals surface area contributed by atoms with Crippen molar-refractivity contribution >= 4 is 23.4 Å². The minimum absolute atomic E-state index is 0.0690. The Hall–Kier alpha value is -1.63. The van der Waals surface area contributed by atoms with Crippen molar-refractivity contribution in [2.24, 2.45) is 11.8 Å². The van der Waals surface area contributed by atoms with Gasteiger partial charge in [-0.2, -0.15) is 0 Å². The van der Waals surface area contributed by atoms with Gasteiger partial charge in [0.2, 0.25) is 11.8 Å². The number of nitrogens with zero attached hydrogens (tertiary/aromatic N) is 2. The fraction of sp³-hybridized carbons (Fsp3) is 0.600. The second-order valence-corrected chi connectivity index (χ2v) is 8.24. The molecule has 2 fully saturated rings. The van der Waals surface area contributed by atoms with Crippen molar-refractivity contribution in [2.75, 3.05) is 32.7 Å². The molecular formula is C20H29ClN4O2. The zero-order chi connectivity index (χ0) is 19.4. The Morgan fingerprint density at radius 3 is 2.37 bits per heavy atom. The number of hydrazine groups is 1. The fourth-order valence-corrected chi connectivity index (χ4v) is 3.82. The van der Waals surface area contributed by atoms with Crippen molar-refractivity contribution in [2.45, 2.75) is 32.7 Å². The number of amides is 2. The number of carbonyl (C=O) groups is 2. The summed E-state index contributed by atoms with van der Waals surface area (Å²) >= 11 is 5.97. The number of nitrogens with one attached hydrogen (secondary N) is 2. The van der Waals surface area contributed by atoms with Gasteiger partial charge < -0.3 is 9.80 Å². The third-order valence-corrected chi connectivity index (χ3v) is 5.66. The van der Waals surface area contributed by atoms with Gasteiger partial charge in [0.25, 0.3) is 0 Å². The molecule has 27 heavy (non-hydrogen) atoms. The van der Waals surface area contributed by atoms with Crippen LogP contribution in [0.25, 0.3) is 0 Å². The minimum Gasteiger partial charge on any atom is -0.339 e. The summed E-state index contributed by atoms with van der Waals surface area (Å²) < 4.78 is 0. The molecule has 1 aromatic rings. The van der Waals surface area contributed by atoms with Crippen molar-refractivity contribution < 1.29 is 9.59 Å². The second kappa shape index (κ2) is 9.04. The predicted octanol–water partition coefficient (Wildman–Crippen LogP) is 2.21. The molecule has 2 amide bonds. The van der Waals surface area contributed by atoms with E-state index in [1.54, 1.807) is 0 Å². The van der Waals surface area contributed by atoms with Gasteiger partial charge in [0.1, 0.15) is 0 Å². The van der Waals surface area contributed by atoms with Crippen molar-refractivity contribution in [3.05, 3.63) is 34.9 Å². The van der Waals surface area contributed by atoms with Crippen LogP contribution in [0.15, 0.2) is 24.3 Å². The van der Waals surface area contributed by atoms with Crippen molar-refractivity contribution in [3.8, 4) is 0 Å². The van der Waals surface area contributed by atoms with E-state index in [9.17, 15) is 9.59 Å². The molecule has 0 saturated carbocycles. The van der Waals surface area contributed by atoms with Gasteiger partial charge in [-0.3, -0.25) is 15.0 Å². The first-order chi connectivity index (χ1) is 13.0. The summed E-state index contributed by atoms with van der Waals surface area (Å²) in [5.74, 6) is 0.721. The summed E-state index contributed by atoms with van der Waals surface area (Å²) in [5.41, 5.74) is 7.37. The Bertz CT molecular complexity index is 656. The monoisotopic (exact) mass is 392 g/mol. The Balaban J connectivity index is 1.55. The lowest BCUT2D eigenvalue weighted by Gasteiger charge is -2.36. The highest BCUT2D eigenvalue weighted by Crippen LogP contribution is 2.28. The first-order valence-corrected chi connectivity index (χ1v) is 10.1. The van der Waals surface area contributed by atoms with E-state index in [0.29, 0.717) is 50.1 Å². The van der Waals surface area contributed by atoms with Crippen molar-refractivity contribution in [3.63, 3.8) is 0 Å². The largest absolute Gasteiger partial charge is 0.339 e. The van der Waals surface area contributed by atoms with E-state index in [1.807, 2.05) is 34.1 Å². The Kier molecular flexibility index (Phi) is 6.73. The lowest BCUT2D eigenvalue weighted by molar-refractivity contribution is -0.142. The van der Waals surface area contributed by atoms with Gasteiger partial charge in [-0.1, -0.05) is 37.6 Å². The number of piperazine rings is 1. The molecule has 2 aliphatic heterocycles. The molecule has 2 aliphatic rings. The molecule has 2 heterocycles. The third-order valence-electron chi connectivity index (χ3n) is 5.41. The lowest BCUT2D eigenvalue weighted by atomic mass is 9.93. The van der Waals surface area contributed by atoms with Crippen LogP contribution in [0.2, 0.25) is 5.02 Å². The molecule has 2 N–H and O–H groups in total. The smallest absolute Gasteiger partial charge is 0.229 e. The van der Waals surface area contributed by atoms with E-state index in [4.69, 9.17) is 11.6 Å². The van der Waals surface area contributed by atoms with E-state index in [2.05, 4.69) is 24.7 Å². The average Bonchev–Trinajstić information content (AvgIpc) is 3.16. The summed E-state index contributed by atoms with van der Waals surface area (Å²) in [4.78, 5) is 29.1. The number of halogens is 1. The van der Waals surface area contributed by atoms with E-state index >= 15 is 0 Å². The lowest BCUT2D eigenvalue weighted by Crippen LogP contribution is -2.52. The van der Waals surface area contributed by atoms with Crippen LogP contribution in [0.3, 0.4) is 0 Å². The topological polar surface area (TPSA) is 64.7 Å². The van der Waals surface area contributed by atoms with Crippen LogP contribution in [-0.4, -0.2) is 54.3 Å². The molecule has 148 valence electrons. The van der Waals surface area contributed by atoms with Gasteiger partial charge in [-0.15, -0.1) is 0 Å². The average molecular weight is 393 g/mol. The molecule has 2 atom stereocenters. The maximum atomic E-state index is 13.1. The van der Waals surface area contributed by atoms with Crippen LogP contribution in [0.4, 0.5) is 0 Å². The first-order valence-electron chi connectivity index (χ1n) is 9.76. The van der Waals surface area contributed by atoms with Gasteiger partial charge in [-0.25, -0.2) is 5.43 Å². The summed E-state index contributed by atoms with van der Waals surface area (Å²) in [5, 5.41) is 0.686. The standard InChI is InChI=1S/C20H29ClN4O2/c1-14(2)3-8-18(26)24-9-11-25(12-10-24)20(27)17-13-22-23-19(17)15-4-6-16(21)7-5-15/h4-7,14,17,19,22-23H,3,8-13H2,1-2H3. The van der Waals surface area contributed by atoms with Crippen LogP contribution in [0.1, 0.15) is 38.3 Å². The van der Waals surface area contributed by atoms with E-state index in [-0.39, 0.29) is 23.8 Å². The molecule has 6 nitrogen and oxygen atoms in total. The Labute approximate surface area is 166 Å². The van der Waals surface area contributed by atoms with Crippen LogP contribution >= 0.6 is 11.6 Å². The van der Waals surface area contributed by atoms with Gasteiger partial charge >= 0.3 is 0 Å². The van der Waals surface area contributed by atoms with Crippen molar-refractivity contribution in [1.82, 2.24) is 20.7 Å². The van der Waals surface area contributed by atoms with Crippen LogP contribution in [0.5, 0.6) is 0 Å². The summed E-state index contributed by atoms with van der Waals surface area (Å²) in [6, 6.07) is 7.54. The normalized spacial score (nSPS) is 23.1. The van der Waals surface area contributed by atoms with Crippen LogP contribution in [0, 0.1) is 11.8 Å². The van der Waals surface area contributed by atoms with Gasteiger partial charge in [0, 0.05) is 44.2 Å². The van der Waals surface area contributed by atoms with Crippen LogP contribution < -0.4 is 10.9 Å². The number of rotatable bonds is 5. The third kappa shape index (κ3) is 5.00. The fourth-order valence-electron chi connectivity index (χ4n) is 3.69. The maximum absolute atomic E-state index is 13.1. The number of hydrogen-bond acceptors (Lipinski definition) is 4. The van der Waals surface area contributed by atoms with E-state index in [0.717, 1.165) is 12.0 Å². The highest BCUT2D eigenvalue weighted by molar-refractivity contribution is 6.30. The van der Waals surface area contributed by atoms with E-state index in [1.165, 1.54) is 0 Å². The molecule has 2 saturated heterocycles. The molecule has 0 bridgehead atoms. The molecule has 0 radical (unpaired) electrons. The quantitative estimate of drug-likeness (QED) is 0.806. The Morgan fingerprint density at radius 1 is 1.11 bits per heavy atom. The first kappa shape index (κ1) is 20.1. The molecule has 0 spiro atoms. The van der Waals surface area contributed by atoms with Crippen molar-refractivity contribution in [1.29, 1.82) is 0 Å². The number of benzene rings is 1. The van der Waals surface area contributed by atoms with Gasteiger partial charge in [-0.05, 0) is 30.0 Å². The molecule has 0 aliphatic carbocycles.